The molecule has 1 fully saturated rings. The van der Waals surface area contributed by atoms with E-state index in [1.54, 1.807) is 24.3 Å². The molecule has 0 aliphatic heterocycles. The highest BCUT2D eigenvalue weighted by molar-refractivity contribution is 6.05. The first-order valence-corrected chi connectivity index (χ1v) is 7.59. The second kappa shape index (κ2) is 6.24. The van der Waals surface area contributed by atoms with Crippen LogP contribution in [0.25, 0.3) is 0 Å². The number of ketones is 3. The first kappa shape index (κ1) is 17.3. The molecule has 1 aliphatic rings. The summed E-state index contributed by atoms with van der Waals surface area (Å²) in [6, 6.07) is 6.97. The quantitative estimate of drug-likeness (QED) is 0.858. The summed E-state index contributed by atoms with van der Waals surface area (Å²) in [5.41, 5.74) is -0.819. The van der Waals surface area contributed by atoms with Gasteiger partial charge in [-0.2, -0.15) is 0 Å². The Morgan fingerprint density at radius 1 is 1.26 bits per heavy atom. The minimum atomic E-state index is -1.47. The van der Waals surface area contributed by atoms with Gasteiger partial charge in [0.2, 0.25) is 0 Å². The maximum atomic E-state index is 12.4. The molecule has 1 N–H and O–H groups in total. The molecule has 124 valence electrons. The molecule has 4 atom stereocenters. The van der Waals surface area contributed by atoms with Crippen LogP contribution in [0, 0.1) is 11.8 Å². The molecular weight excluding hydrogens is 296 g/mol. The summed E-state index contributed by atoms with van der Waals surface area (Å²) in [7, 11) is 1.52. The summed E-state index contributed by atoms with van der Waals surface area (Å²) < 4.78 is 5.20. The predicted octanol–water partition coefficient (Wildman–Crippen LogP) is 1.91. The predicted molar refractivity (Wildman–Crippen MR) is 84.3 cm³/mol. The third-order valence-corrected chi connectivity index (χ3v) is 4.62. The Kier molecular flexibility index (Phi) is 4.71. The Morgan fingerprint density at radius 3 is 2.43 bits per heavy atom. The van der Waals surface area contributed by atoms with Crippen LogP contribution in [0.4, 0.5) is 0 Å². The summed E-state index contributed by atoms with van der Waals surface area (Å²) in [6.07, 6.45) is -0.192. The van der Waals surface area contributed by atoms with Gasteiger partial charge in [0.15, 0.2) is 0 Å². The second-order valence-electron chi connectivity index (χ2n) is 6.48. The molecule has 1 aromatic rings. The minimum absolute atomic E-state index is 0.192. The van der Waals surface area contributed by atoms with Gasteiger partial charge in [-0.15, -0.1) is 0 Å². The number of ether oxygens (including phenoxy) is 1. The molecule has 5 nitrogen and oxygen atoms in total. The van der Waals surface area contributed by atoms with E-state index in [4.69, 9.17) is 4.74 Å². The summed E-state index contributed by atoms with van der Waals surface area (Å²) in [5, 5.41) is 10.6. The summed E-state index contributed by atoms with van der Waals surface area (Å²) in [6.45, 7) is 4.23. The van der Waals surface area contributed by atoms with Crippen LogP contribution in [0.5, 0.6) is 5.75 Å². The summed E-state index contributed by atoms with van der Waals surface area (Å²) in [4.78, 5) is 36.7. The van der Waals surface area contributed by atoms with Crippen LogP contribution in [0.15, 0.2) is 24.3 Å². The van der Waals surface area contributed by atoms with E-state index in [1.807, 2.05) is 0 Å². The summed E-state index contributed by atoms with van der Waals surface area (Å²) in [5.74, 6) is -2.70. The minimum Gasteiger partial charge on any atom is -0.497 e. The Hall–Kier alpha value is -2.01. The van der Waals surface area contributed by atoms with Crippen molar-refractivity contribution < 1.29 is 24.2 Å². The van der Waals surface area contributed by atoms with Gasteiger partial charge in [0.1, 0.15) is 23.1 Å². The van der Waals surface area contributed by atoms with Gasteiger partial charge in [-0.05, 0) is 38.5 Å². The lowest BCUT2D eigenvalue weighted by Gasteiger charge is -2.44. The van der Waals surface area contributed by atoms with Crippen LogP contribution in [-0.4, -0.2) is 35.2 Å². The van der Waals surface area contributed by atoms with E-state index in [0.717, 1.165) is 0 Å². The van der Waals surface area contributed by atoms with Gasteiger partial charge in [0.25, 0.3) is 0 Å². The first-order valence-electron chi connectivity index (χ1n) is 7.59. The smallest absolute Gasteiger partial charge is 0.146 e. The lowest BCUT2D eigenvalue weighted by Crippen LogP contribution is -2.53. The van der Waals surface area contributed by atoms with E-state index in [-0.39, 0.29) is 23.8 Å². The van der Waals surface area contributed by atoms with Crippen molar-refractivity contribution in [3.05, 3.63) is 29.8 Å². The number of hydrogen-bond donors (Lipinski definition) is 1. The topological polar surface area (TPSA) is 80.7 Å². The van der Waals surface area contributed by atoms with Crippen LogP contribution >= 0.6 is 0 Å². The first-order chi connectivity index (χ1) is 10.7. The van der Waals surface area contributed by atoms with Gasteiger partial charge in [-0.1, -0.05) is 12.1 Å². The average Bonchev–Trinajstić information content (AvgIpc) is 2.44. The SMILES string of the molecule is COc1cccc([C@@H]2[C@H](C(C)=O)C(=O)C[C@](C)(O)[C@@H]2C(C)=O)c1. The molecule has 0 amide bonds. The largest absolute Gasteiger partial charge is 0.497 e. The van der Waals surface area contributed by atoms with Crippen molar-refractivity contribution in [1.29, 1.82) is 0 Å². The molecule has 0 unspecified atom stereocenters. The Bertz CT molecular complexity index is 647. The molecule has 0 saturated heterocycles. The molecular formula is C18H22O5. The van der Waals surface area contributed by atoms with Gasteiger partial charge in [0, 0.05) is 12.3 Å². The molecule has 0 spiro atoms. The number of Topliss-reactive ketones (excluding diaryl/α,β-unsaturated/α-hetero) is 3. The fourth-order valence-electron chi connectivity index (χ4n) is 3.76. The fraction of sp³-hybridized carbons (Fsp3) is 0.500. The molecule has 1 aromatic carbocycles. The monoisotopic (exact) mass is 318 g/mol. The van der Waals surface area contributed by atoms with Crippen molar-refractivity contribution in [1.82, 2.24) is 0 Å². The molecule has 0 radical (unpaired) electrons. The maximum Gasteiger partial charge on any atom is 0.146 e. The molecule has 1 aliphatic carbocycles. The standard InChI is InChI=1S/C18H22O5/c1-10(19)15-14(21)9-18(3,22)17(11(2)20)16(15)12-6-5-7-13(8-12)23-4/h5-8,15-17,22H,9H2,1-4H3/t15-,16-,17-,18+/m1/s1. The number of rotatable bonds is 4. The van der Waals surface area contributed by atoms with Gasteiger partial charge in [0.05, 0.1) is 24.5 Å². The number of carbonyl (C=O) groups is 3. The van der Waals surface area contributed by atoms with Gasteiger partial charge < -0.3 is 9.84 Å². The highest BCUT2D eigenvalue weighted by Crippen LogP contribution is 2.46. The molecule has 0 aromatic heterocycles. The normalized spacial score (nSPS) is 30.8. The van der Waals surface area contributed by atoms with Crippen LogP contribution < -0.4 is 4.74 Å². The van der Waals surface area contributed by atoms with E-state index in [2.05, 4.69) is 0 Å². The van der Waals surface area contributed by atoms with Crippen molar-refractivity contribution in [2.45, 2.75) is 38.7 Å². The van der Waals surface area contributed by atoms with E-state index in [9.17, 15) is 19.5 Å². The highest BCUT2D eigenvalue weighted by Gasteiger charge is 2.53. The fourth-order valence-corrected chi connectivity index (χ4v) is 3.76. The third kappa shape index (κ3) is 3.20. The van der Waals surface area contributed by atoms with Crippen molar-refractivity contribution in [2.24, 2.45) is 11.8 Å². The average molecular weight is 318 g/mol. The zero-order chi connectivity index (χ0) is 17.4. The van der Waals surface area contributed by atoms with Gasteiger partial charge >= 0.3 is 0 Å². The molecule has 2 rings (SSSR count). The number of hydrogen-bond acceptors (Lipinski definition) is 5. The Labute approximate surface area is 135 Å². The van der Waals surface area contributed by atoms with Crippen molar-refractivity contribution >= 4 is 17.3 Å². The molecule has 0 heterocycles. The zero-order valence-corrected chi connectivity index (χ0v) is 13.8. The van der Waals surface area contributed by atoms with Crippen LogP contribution in [-0.2, 0) is 14.4 Å². The van der Waals surface area contributed by atoms with Gasteiger partial charge in [-0.3, -0.25) is 14.4 Å². The summed E-state index contributed by atoms with van der Waals surface area (Å²) >= 11 is 0. The van der Waals surface area contributed by atoms with E-state index in [1.165, 1.54) is 27.9 Å². The lowest BCUT2D eigenvalue weighted by atomic mass is 9.60. The highest BCUT2D eigenvalue weighted by atomic mass is 16.5. The second-order valence-corrected chi connectivity index (χ2v) is 6.48. The number of methoxy groups -OCH3 is 1. The Morgan fingerprint density at radius 2 is 1.91 bits per heavy atom. The molecule has 5 heteroatoms. The maximum absolute atomic E-state index is 12.4. The number of carbonyl (C=O) groups excluding carboxylic acids is 3. The van der Waals surface area contributed by atoms with Crippen LogP contribution in [0.3, 0.4) is 0 Å². The Balaban J connectivity index is 2.64. The van der Waals surface area contributed by atoms with Gasteiger partial charge in [-0.25, -0.2) is 0 Å². The number of benzene rings is 1. The lowest BCUT2D eigenvalue weighted by molar-refractivity contribution is -0.151. The van der Waals surface area contributed by atoms with Crippen LogP contribution in [0.1, 0.15) is 38.7 Å². The van der Waals surface area contributed by atoms with E-state index in [0.29, 0.717) is 11.3 Å². The molecule has 23 heavy (non-hydrogen) atoms. The van der Waals surface area contributed by atoms with E-state index >= 15 is 0 Å². The van der Waals surface area contributed by atoms with Crippen molar-refractivity contribution in [3.8, 4) is 5.75 Å². The van der Waals surface area contributed by atoms with Crippen molar-refractivity contribution in [3.63, 3.8) is 0 Å². The third-order valence-electron chi connectivity index (χ3n) is 4.62. The molecule has 0 bridgehead atoms. The van der Waals surface area contributed by atoms with Crippen molar-refractivity contribution in [2.75, 3.05) is 7.11 Å². The van der Waals surface area contributed by atoms with E-state index < -0.39 is 23.4 Å². The van der Waals surface area contributed by atoms with Crippen LogP contribution in [0.2, 0.25) is 0 Å². The number of aliphatic hydroxyl groups is 1. The molecule has 1 saturated carbocycles. The zero-order valence-electron chi connectivity index (χ0n) is 13.8.